The van der Waals surface area contributed by atoms with E-state index in [1.54, 1.807) is 18.7 Å². The van der Waals surface area contributed by atoms with Gasteiger partial charge in [-0.2, -0.15) is 0 Å². The van der Waals surface area contributed by atoms with Gasteiger partial charge in [-0.15, -0.1) is 0 Å². The third kappa shape index (κ3) is 4.19. The summed E-state index contributed by atoms with van der Waals surface area (Å²) in [6.07, 6.45) is 8.39. The van der Waals surface area contributed by atoms with Gasteiger partial charge in [0, 0.05) is 17.8 Å². The van der Waals surface area contributed by atoms with Gasteiger partial charge in [-0.3, -0.25) is 9.97 Å². The normalized spacial score (nSPS) is 10.1. The quantitative estimate of drug-likeness (QED) is 0.408. The Labute approximate surface area is 160 Å². The molecule has 1 N–H and O–H groups in total. The van der Waals surface area contributed by atoms with Gasteiger partial charge in [-0.1, -0.05) is 36.4 Å². The van der Waals surface area contributed by atoms with E-state index in [9.17, 15) is 0 Å². The summed E-state index contributed by atoms with van der Waals surface area (Å²) < 4.78 is 5.01. The average molecular weight is 367 g/mol. The molecular formula is C22H17N5O. The van der Waals surface area contributed by atoms with Crippen LogP contribution in [0.3, 0.4) is 0 Å². The lowest BCUT2D eigenvalue weighted by atomic mass is 10.2. The van der Waals surface area contributed by atoms with E-state index in [-0.39, 0.29) is 0 Å². The van der Waals surface area contributed by atoms with E-state index in [1.165, 1.54) is 11.8 Å². The zero-order valence-corrected chi connectivity index (χ0v) is 14.9. The molecule has 4 aromatic heterocycles. The monoisotopic (exact) mass is 367 g/mol. The van der Waals surface area contributed by atoms with E-state index >= 15 is 0 Å². The predicted octanol–water partition coefficient (Wildman–Crippen LogP) is 5.02. The first-order valence-electron chi connectivity index (χ1n) is 8.71. The third-order valence-corrected chi connectivity index (χ3v) is 3.97. The fourth-order valence-electron chi connectivity index (χ4n) is 2.60. The minimum absolute atomic E-state index is 0.845. The highest BCUT2D eigenvalue weighted by Gasteiger charge is 1.91. The number of para-hydroxylation sites is 3. The summed E-state index contributed by atoms with van der Waals surface area (Å²) in [5.74, 6) is 0. The number of H-pyrrole nitrogens is 1. The van der Waals surface area contributed by atoms with Gasteiger partial charge in [0.2, 0.25) is 0 Å². The number of rotatable bonds is 0. The fourth-order valence-corrected chi connectivity index (χ4v) is 2.60. The Morgan fingerprint density at radius 3 is 2.36 bits per heavy atom. The zero-order chi connectivity index (χ0) is 19.0. The fraction of sp³-hybridized carbons (Fsp3) is 0. The maximum atomic E-state index is 5.01. The van der Waals surface area contributed by atoms with Gasteiger partial charge >= 0.3 is 0 Å². The molecule has 6 heteroatoms. The van der Waals surface area contributed by atoms with Gasteiger partial charge in [0.1, 0.15) is 5.52 Å². The zero-order valence-electron chi connectivity index (χ0n) is 14.9. The minimum Gasteiger partial charge on any atom is -0.443 e. The van der Waals surface area contributed by atoms with Crippen LogP contribution in [0.4, 0.5) is 0 Å². The van der Waals surface area contributed by atoms with E-state index in [0.717, 1.165) is 27.6 Å². The van der Waals surface area contributed by atoms with Gasteiger partial charge < -0.3 is 9.40 Å². The Morgan fingerprint density at radius 2 is 1.50 bits per heavy atom. The second kappa shape index (κ2) is 8.55. The topological polar surface area (TPSA) is 80.5 Å². The maximum absolute atomic E-state index is 5.01. The molecule has 0 aliphatic carbocycles. The Kier molecular flexibility index (Phi) is 5.30. The summed E-state index contributed by atoms with van der Waals surface area (Å²) in [6.45, 7) is 0. The summed E-state index contributed by atoms with van der Waals surface area (Å²) in [6, 6.07) is 21.6. The molecule has 136 valence electrons. The standard InChI is InChI=1S/C9H7N.C7H5NO.C6H5N3/c1-2-6-9-8(4-1)5-3-7-10-9;1-2-4-7-6(3-1)8-5-9-7;1-2-7-3-6-5(1)8-4-9-6/h1-7H;1-5H;1-4H,(H,8,9). The van der Waals surface area contributed by atoms with Crippen LogP contribution in [-0.4, -0.2) is 24.9 Å². The largest absolute Gasteiger partial charge is 0.443 e. The molecule has 0 bridgehead atoms. The number of nitrogens with zero attached hydrogens (tertiary/aromatic N) is 4. The average Bonchev–Trinajstić information content (AvgIpc) is 3.44. The van der Waals surface area contributed by atoms with Crippen molar-refractivity contribution < 1.29 is 4.42 Å². The minimum atomic E-state index is 0.845. The van der Waals surface area contributed by atoms with Crippen LogP contribution >= 0.6 is 0 Å². The molecule has 0 saturated carbocycles. The van der Waals surface area contributed by atoms with Crippen LogP contribution in [0.5, 0.6) is 0 Å². The van der Waals surface area contributed by atoms with Crippen molar-refractivity contribution >= 4 is 33.0 Å². The second-order valence-electron chi connectivity index (χ2n) is 5.81. The first-order chi connectivity index (χ1) is 13.9. The van der Waals surface area contributed by atoms with Gasteiger partial charge in [0.05, 0.1) is 29.1 Å². The van der Waals surface area contributed by atoms with Gasteiger partial charge in [0.25, 0.3) is 0 Å². The van der Waals surface area contributed by atoms with Crippen molar-refractivity contribution in [1.29, 1.82) is 0 Å². The molecule has 0 atom stereocenters. The van der Waals surface area contributed by atoms with Crippen molar-refractivity contribution in [2.45, 2.75) is 0 Å². The lowest BCUT2D eigenvalue weighted by molar-refractivity contribution is 0.602. The molecule has 0 aliphatic rings. The van der Waals surface area contributed by atoms with Crippen LogP contribution in [0.25, 0.3) is 33.0 Å². The van der Waals surface area contributed by atoms with Crippen LogP contribution in [0.1, 0.15) is 0 Å². The molecule has 0 spiro atoms. The molecule has 6 rings (SSSR count). The van der Waals surface area contributed by atoms with E-state index in [2.05, 4.69) is 37.1 Å². The van der Waals surface area contributed by atoms with Crippen molar-refractivity contribution in [1.82, 2.24) is 24.9 Å². The maximum Gasteiger partial charge on any atom is 0.181 e. The van der Waals surface area contributed by atoms with Crippen LogP contribution in [0.15, 0.2) is 102 Å². The highest BCUT2D eigenvalue weighted by Crippen LogP contribution is 2.09. The second-order valence-corrected chi connectivity index (χ2v) is 5.81. The Balaban J connectivity index is 0.000000103. The molecule has 6 nitrogen and oxygen atoms in total. The van der Waals surface area contributed by atoms with Crippen molar-refractivity contribution in [3.63, 3.8) is 0 Å². The molecule has 0 amide bonds. The lowest BCUT2D eigenvalue weighted by Gasteiger charge is -1.91. The molecule has 6 aromatic rings. The van der Waals surface area contributed by atoms with Crippen LogP contribution in [-0.2, 0) is 0 Å². The lowest BCUT2D eigenvalue weighted by Crippen LogP contribution is -1.73. The summed E-state index contributed by atoms with van der Waals surface area (Å²) in [4.78, 5) is 19.0. The number of imidazole rings is 1. The van der Waals surface area contributed by atoms with E-state index in [4.69, 9.17) is 4.42 Å². The SMILES string of the molecule is c1cc2nc[nH]c2cn1.c1ccc2ncccc2c1.c1ccc2ocnc2c1. The summed E-state index contributed by atoms with van der Waals surface area (Å²) in [7, 11) is 0. The van der Waals surface area contributed by atoms with E-state index in [1.807, 2.05) is 60.8 Å². The third-order valence-electron chi connectivity index (χ3n) is 3.97. The molecular weight excluding hydrogens is 350 g/mol. The summed E-state index contributed by atoms with van der Waals surface area (Å²) in [5.41, 5.74) is 4.77. The Hall–Kier alpha value is -4.06. The number of oxazole rings is 1. The number of fused-ring (bicyclic) bond motifs is 3. The molecule has 4 heterocycles. The van der Waals surface area contributed by atoms with Crippen molar-refractivity contribution in [2.24, 2.45) is 0 Å². The number of hydrogen-bond acceptors (Lipinski definition) is 5. The van der Waals surface area contributed by atoms with Gasteiger partial charge in [-0.05, 0) is 30.3 Å². The number of nitrogens with one attached hydrogen (secondary N) is 1. The van der Waals surface area contributed by atoms with Crippen LogP contribution < -0.4 is 0 Å². The van der Waals surface area contributed by atoms with Crippen molar-refractivity contribution in [3.05, 3.63) is 98.0 Å². The summed E-state index contributed by atoms with van der Waals surface area (Å²) in [5, 5.41) is 1.20. The van der Waals surface area contributed by atoms with E-state index < -0.39 is 0 Å². The van der Waals surface area contributed by atoms with Gasteiger partial charge in [-0.25, -0.2) is 9.97 Å². The molecule has 0 aliphatic heterocycles. The Bertz CT molecular complexity index is 1100. The number of benzene rings is 2. The smallest absolute Gasteiger partial charge is 0.181 e. The Morgan fingerprint density at radius 1 is 0.679 bits per heavy atom. The number of aromatic amines is 1. The van der Waals surface area contributed by atoms with Crippen LogP contribution in [0, 0.1) is 0 Å². The number of hydrogen-bond donors (Lipinski definition) is 1. The van der Waals surface area contributed by atoms with Crippen molar-refractivity contribution in [3.8, 4) is 0 Å². The van der Waals surface area contributed by atoms with Gasteiger partial charge in [0.15, 0.2) is 12.0 Å². The number of pyridine rings is 2. The molecule has 28 heavy (non-hydrogen) atoms. The molecule has 0 saturated heterocycles. The van der Waals surface area contributed by atoms with Crippen LogP contribution in [0.2, 0.25) is 0 Å². The first kappa shape index (κ1) is 17.4. The first-order valence-corrected chi connectivity index (χ1v) is 8.71. The summed E-state index contributed by atoms with van der Waals surface area (Å²) >= 11 is 0. The number of aromatic nitrogens is 5. The molecule has 0 unspecified atom stereocenters. The molecule has 2 aromatic carbocycles. The van der Waals surface area contributed by atoms with Crippen molar-refractivity contribution in [2.75, 3.05) is 0 Å². The highest BCUT2D eigenvalue weighted by molar-refractivity contribution is 5.77. The van der Waals surface area contributed by atoms with E-state index in [0.29, 0.717) is 0 Å². The molecule has 0 fully saturated rings. The predicted molar refractivity (Wildman–Crippen MR) is 110 cm³/mol. The highest BCUT2D eigenvalue weighted by atomic mass is 16.3. The molecule has 0 radical (unpaired) electrons.